The zero-order valence-electron chi connectivity index (χ0n) is 35.6. The van der Waals surface area contributed by atoms with Crippen LogP contribution in [-0.4, -0.2) is 153 Å². The van der Waals surface area contributed by atoms with Crippen LogP contribution in [0.1, 0.15) is 94.4 Å². The van der Waals surface area contributed by atoms with Crippen molar-refractivity contribution in [3.63, 3.8) is 0 Å². The summed E-state index contributed by atoms with van der Waals surface area (Å²) in [6.45, 7) is 19.1. The van der Waals surface area contributed by atoms with Crippen molar-refractivity contribution in [2.24, 2.45) is 23.7 Å². The average Bonchev–Trinajstić information content (AvgIpc) is 3.17. The maximum Gasteiger partial charge on any atom is 0.246 e. The van der Waals surface area contributed by atoms with Gasteiger partial charge in [-0.2, -0.15) is 0 Å². The van der Waals surface area contributed by atoms with Crippen molar-refractivity contribution >= 4 is 41.4 Å². The predicted octanol–water partition coefficient (Wildman–Crippen LogP) is 0.648. The Morgan fingerprint density at radius 1 is 0.696 bits per heavy atom. The highest BCUT2D eigenvalue weighted by Crippen LogP contribution is 2.23. The first-order valence-corrected chi connectivity index (χ1v) is 20.0. The summed E-state index contributed by atoms with van der Waals surface area (Å²) >= 11 is 0. The maximum atomic E-state index is 14.2. The van der Waals surface area contributed by atoms with Gasteiger partial charge in [0.25, 0.3) is 0 Å². The molecular weight excluding hydrogens is 722 g/mol. The SMILES string of the molecule is C=C[C@H](C)C[C@@H]1NC(=O)[C@H]([C@@H](O)C(C)C)N(C)C(=O)[C@H](C)N(C)C(=O)C(C(C)CC)NC(=O)C([C@H](O)C(C)C)NC(=O)[C@H]2CCCCN2C(=O)[C@H](C)N(C)C1=O. The predicted molar refractivity (Wildman–Crippen MR) is 211 cm³/mol. The highest BCUT2D eigenvalue weighted by Gasteiger charge is 2.44. The Balaban J connectivity index is 2.83. The summed E-state index contributed by atoms with van der Waals surface area (Å²) in [5, 5.41) is 30.8. The molecule has 7 amide bonds. The first-order chi connectivity index (χ1) is 26.0. The number of fused-ring (bicyclic) bond motifs is 1. The third-order valence-corrected chi connectivity index (χ3v) is 11.7. The molecule has 2 rings (SSSR count). The lowest BCUT2D eigenvalue weighted by Crippen LogP contribution is -2.64. The third-order valence-electron chi connectivity index (χ3n) is 11.7. The number of rotatable bonds is 9. The lowest BCUT2D eigenvalue weighted by atomic mass is 9.94. The molecule has 16 nitrogen and oxygen atoms in total. The van der Waals surface area contributed by atoms with Crippen molar-refractivity contribution in [3.05, 3.63) is 12.7 Å². The standard InChI is InChI=1S/C40H69N7O9/c1-14-23(7)20-27-39(55)44(11)26(10)38(54)47-19-17-16-18-28(47)34(50)43-30(32(48)21(3)4)35(51)42-29(24(8)15-2)40(56)45(12)25(9)37(53)46(13)31(36(52)41-27)33(49)22(5)6/h14,21-33,48-49H,1,15-20H2,2-13H3,(H,41,52)(H,42,51)(H,43,50)/t23-,24?,25-,26-,27-,28+,29?,30?,31-,32+,33-/m0/s1. The molecule has 318 valence electrons. The number of allylic oxidation sites excluding steroid dienone is 1. The Morgan fingerprint density at radius 2 is 1.23 bits per heavy atom. The van der Waals surface area contributed by atoms with E-state index < -0.39 is 114 Å². The Kier molecular flexibility index (Phi) is 18.0. The number of likely N-dealkylation sites (N-methyl/N-ethyl adjacent to an activating group) is 3. The van der Waals surface area contributed by atoms with E-state index >= 15 is 0 Å². The minimum Gasteiger partial charge on any atom is -0.390 e. The second-order valence-corrected chi connectivity index (χ2v) is 16.5. The van der Waals surface area contributed by atoms with Gasteiger partial charge in [0.1, 0.15) is 42.3 Å². The van der Waals surface area contributed by atoms with Crippen LogP contribution in [0.2, 0.25) is 0 Å². The molecule has 3 unspecified atom stereocenters. The number of piperidine rings is 1. The molecule has 2 aliphatic heterocycles. The summed E-state index contributed by atoms with van der Waals surface area (Å²) in [5.41, 5.74) is 0. The first-order valence-electron chi connectivity index (χ1n) is 20.0. The number of aliphatic hydroxyl groups is 2. The van der Waals surface area contributed by atoms with E-state index in [9.17, 15) is 43.8 Å². The van der Waals surface area contributed by atoms with E-state index in [1.165, 1.54) is 44.8 Å². The molecule has 0 aliphatic carbocycles. The van der Waals surface area contributed by atoms with E-state index in [-0.39, 0.29) is 25.3 Å². The van der Waals surface area contributed by atoms with E-state index in [0.717, 1.165) is 9.80 Å². The number of carbonyl (C=O) groups is 7. The smallest absolute Gasteiger partial charge is 0.246 e. The number of carbonyl (C=O) groups excluding carboxylic acids is 7. The van der Waals surface area contributed by atoms with Gasteiger partial charge in [0.2, 0.25) is 41.4 Å². The number of amides is 7. The van der Waals surface area contributed by atoms with Crippen LogP contribution in [0, 0.1) is 23.7 Å². The van der Waals surface area contributed by atoms with Gasteiger partial charge in [-0.1, -0.05) is 61.0 Å². The van der Waals surface area contributed by atoms with Gasteiger partial charge < -0.3 is 45.8 Å². The molecule has 2 saturated heterocycles. The van der Waals surface area contributed by atoms with E-state index in [1.807, 2.05) is 6.92 Å². The van der Waals surface area contributed by atoms with E-state index in [0.29, 0.717) is 19.3 Å². The molecule has 16 heteroatoms. The highest BCUT2D eigenvalue weighted by atomic mass is 16.3. The number of hydrogen-bond donors (Lipinski definition) is 5. The fraction of sp³-hybridized carbons (Fsp3) is 0.775. The van der Waals surface area contributed by atoms with Crippen molar-refractivity contribution in [2.75, 3.05) is 27.7 Å². The number of nitrogens with one attached hydrogen (secondary N) is 3. The Morgan fingerprint density at radius 3 is 1.77 bits per heavy atom. The number of hydrogen-bond acceptors (Lipinski definition) is 9. The molecule has 0 spiro atoms. The lowest BCUT2D eigenvalue weighted by molar-refractivity contribution is -0.153. The molecule has 2 fully saturated rings. The summed E-state index contributed by atoms with van der Waals surface area (Å²) in [5.74, 6) is -6.53. The van der Waals surface area contributed by atoms with Crippen molar-refractivity contribution in [1.29, 1.82) is 0 Å². The second-order valence-electron chi connectivity index (χ2n) is 16.5. The molecule has 56 heavy (non-hydrogen) atoms. The van der Waals surface area contributed by atoms with E-state index in [1.54, 1.807) is 47.6 Å². The van der Waals surface area contributed by atoms with Crippen LogP contribution >= 0.6 is 0 Å². The van der Waals surface area contributed by atoms with Gasteiger partial charge in [0, 0.05) is 27.7 Å². The zero-order chi connectivity index (χ0) is 42.9. The summed E-state index contributed by atoms with van der Waals surface area (Å²) < 4.78 is 0. The quantitative estimate of drug-likeness (QED) is 0.208. The van der Waals surface area contributed by atoms with Gasteiger partial charge in [-0.15, -0.1) is 6.58 Å². The molecule has 2 aliphatic rings. The van der Waals surface area contributed by atoms with Crippen LogP contribution in [0.25, 0.3) is 0 Å². The monoisotopic (exact) mass is 792 g/mol. The topological polar surface area (TPSA) is 209 Å². The number of nitrogens with zero attached hydrogens (tertiary/aromatic N) is 4. The van der Waals surface area contributed by atoms with Gasteiger partial charge in [-0.3, -0.25) is 33.6 Å². The van der Waals surface area contributed by atoms with Gasteiger partial charge in [-0.05, 0) is 63.2 Å². The Hall–Kier alpha value is -4.05. The largest absolute Gasteiger partial charge is 0.390 e. The van der Waals surface area contributed by atoms with Gasteiger partial charge in [0.05, 0.1) is 12.2 Å². The van der Waals surface area contributed by atoms with Crippen LogP contribution in [0.4, 0.5) is 0 Å². The van der Waals surface area contributed by atoms with E-state index in [2.05, 4.69) is 22.5 Å². The van der Waals surface area contributed by atoms with Crippen molar-refractivity contribution < 1.29 is 43.8 Å². The fourth-order valence-electron chi connectivity index (χ4n) is 7.06. The van der Waals surface area contributed by atoms with Crippen molar-refractivity contribution in [2.45, 2.75) is 149 Å². The summed E-state index contributed by atoms with van der Waals surface area (Å²) in [4.78, 5) is 104. The third kappa shape index (κ3) is 11.3. The zero-order valence-corrected chi connectivity index (χ0v) is 35.6. The molecule has 11 atom stereocenters. The van der Waals surface area contributed by atoms with Crippen LogP contribution < -0.4 is 16.0 Å². The maximum absolute atomic E-state index is 14.2. The molecule has 0 saturated carbocycles. The van der Waals surface area contributed by atoms with Crippen LogP contribution in [0.5, 0.6) is 0 Å². The lowest BCUT2D eigenvalue weighted by Gasteiger charge is -2.39. The minimum absolute atomic E-state index is 0.0848. The molecule has 0 aromatic carbocycles. The molecule has 5 N–H and O–H groups in total. The normalized spacial score (nSPS) is 29.6. The van der Waals surface area contributed by atoms with Gasteiger partial charge in [0.15, 0.2) is 0 Å². The minimum atomic E-state index is -1.50. The molecular formula is C40H69N7O9. The summed E-state index contributed by atoms with van der Waals surface area (Å²) in [6.07, 6.45) is 0.837. The molecule has 2 heterocycles. The van der Waals surface area contributed by atoms with Crippen molar-refractivity contribution in [3.8, 4) is 0 Å². The Labute approximate surface area is 333 Å². The van der Waals surface area contributed by atoms with Crippen LogP contribution in [-0.2, 0) is 33.6 Å². The van der Waals surface area contributed by atoms with Gasteiger partial charge >= 0.3 is 0 Å². The van der Waals surface area contributed by atoms with Gasteiger partial charge in [-0.25, -0.2) is 0 Å². The number of aliphatic hydroxyl groups excluding tert-OH is 2. The average molecular weight is 792 g/mol. The van der Waals surface area contributed by atoms with Crippen LogP contribution in [0.15, 0.2) is 12.7 Å². The Bertz CT molecular complexity index is 1440. The summed E-state index contributed by atoms with van der Waals surface area (Å²) in [6, 6.07) is -8.70. The highest BCUT2D eigenvalue weighted by molar-refractivity contribution is 5.98. The first kappa shape index (κ1) is 48.1. The van der Waals surface area contributed by atoms with E-state index in [4.69, 9.17) is 0 Å². The molecule has 0 aromatic heterocycles. The summed E-state index contributed by atoms with van der Waals surface area (Å²) in [7, 11) is 4.15. The molecule has 0 bridgehead atoms. The second kappa shape index (κ2) is 20.9. The molecule has 0 radical (unpaired) electrons. The van der Waals surface area contributed by atoms with Crippen LogP contribution in [0.3, 0.4) is 0 Å². The fourth-order valence-corrected chi connectivity index (χ4v) is 7.06. The van der Waals surface area contributed by atoms with Crippen molar-refractivity contribution in [1.82, 2.24) is 35.6 Å². The molecule has 0 aromatic rings.